The molecule has 0 saturated heterocycles. The van der Waals surface area contributed by atoms with Crippen molar-refractivity contribution in [1.82, 2.24) is 0 Å². The molecule has 0 nitrogen and oxygen atoms in total. The first-order valence-corrected chi connectivity index (χ1v) is 9.75. The van der Waals surface area contributed by atoms with Gasteiger partial charge in [0, 0.05) is 5.41 Å². The van der Waals surface area contributed by atoms with Crippen molar-refractivity contribution >= 4 is 0 Å². The molecular weight excluding hydrogens is 288 g/mol. The highest BCUT2D eigenvalue weighted by Gasteiger charge is 2.47. The first-order valence-electron chi connectivity index (χ1n) is 9.75. The van der Waals surface area contributed by atoms with Gasteiger partial charge in [-0.25, -0.2) is 0 Å². The molecule has 0 N–H and O–H groups in total. The Morgan fingerprint density at radius 2 is 0.917 bits per heavy atom. The summed E-state index contributed by atoms with van der Waals surface area (Å²) in [4.78, 5) is 0. The Bertz CT molecular complexity index is 525. The van der Waals surface area contributed by atoms with Crippen molar-refractivity contribution in [2.24, 2.45) is 5.41 Å². The van der Waals surface area contributed by atoms with Gasteiger partial charge in [0.25, 0.3) is 0 Å². The Morgan fingerprint density at radius 1 is 0.583 bits per heavy atom. The van der Waals surface area contributed by atoms with E-state index in [0.717, 1.165) is 0 Å². The van der Waals surface area contributed by atoms with Crippen LogP contribution in [0.15, 0.2) is 60.7 Å². The topological polar surface area (TPSA) is 0 Å². The lowest BCUT2D eigenvalue weighted by atomic mass is 9.53. The second-order valence-corrected chi connectivity index (χ2v) is 7.39. The van der Waals surface area contributed by atoms with E-state index in [9.17, 15) is 0 Å². The second-order valence-electron chi connectivity index (χ2n) is 7.39. The van der Waals surface area contributed by atoms with Crippen LogP contribution in [0.4, 0.5) is 0 Å². The zero-order valence-corrected chi connectivity index (χ0v) is 16.0. The minimum Gasteiger partial charge on any atom is -0.0654 e. The zero-order chi connectivity index (χ0) is 17.5. The SMILES string of the molecule is CCCC(CCC)(CCC)C(C)(c1ccccc1)c1ccccc1. The largest absolute Gasteiger partial charge is 0.0654 e. The number of rotatable bonds is 9. The van der Waals surface area contributed by atoms with Gasteiger partial charge in [-0.05, 0) is 35.8 Å². The van der Waals surface area contributed by atoms with Gasteiger partial charge < -0.3 is 0 Å². The number of hydrogen-bond donors (Lipinski definition) is 0. The molecule has 0 aliphatic rings. The molecule has 0 aromatic heterocycles. The second kappa shape index (κ2) is 8.51. The third kappa shape index (κ3) is 3.43. The first-order chi connectivity index (χ1) is 11.6. The van der Waals surface area contributed by atoms with E-state index in [2.05, 4.69) is 88.4 Å². The van der Waals surface area contributed by atoms with E-state index >= 15 is 0 Å². The lowest BCUT2D eigenvalue weighted by Crippen LogP contribution is -2.44. The van der Waals surface area contributed by atoms with Crippen LogP contribution in [-0.4, -0.2) is 0 Å². The van der Waals surface area contributed by atoms with E-state index in [1.54, 1.807) is 0 Å². The van der Waals surface area contributed by atoms with Crippen molar-refractivity contribution < 1.29 is 0 Å². The summed E-state index contributed by atoms with van der Waals surface area (Å²) in [5, 5.41) is 0. The summed E-state index contributed by atoms with van der Waals surface area (Å²) in [7, 11) is 0. The maximum atomic E-state index is 2.50. The van der Waals surface area contributed by atoms with Gasteiger partial charge in [-0.3, -0.25) is 0 Å². The Balaban J connectivity index is 2.71. The summed E-state index contributed by atoms with van der Waals surface area (Å²) in [5.74, 6) is 0. The molecule has 0 atom stereocenters. The smallest absolute Gasteiger partial charge is 0.0230 e. The predicted octanol–water partition coefficient (Wildman–Crippen LogP) is 7.38. The van der Waals surface area contributed by atoms with Crippen molar-refractivity contribution in [3.05, 3.63) is 71.8 Å². The van der Waals surface area contributed by atoms with Crippen molar-refractivity contribution in [2.75, 3.05) is 0 Å². The lowest BCUT2D eigenvalue weighted by molar-refractivity contribution is 0.113. The molecule has 0 saturated carbocycles. The fraction of sp³-hybridized carbons (Fsp3) is 0.500. The standard InChI is InChI=1S/C24H34/c1-5-18-24(19-6-2,20-7-3)23(4,21-14-10-8-11-15-21)22-16-12-9-13-17-22/h8-17H,5-7,18-20H2,1-4H3. The third-order valence-electron chi connectivity index (χ3n) is 5.95. The molecule has 24 heavy (non-hydrogen) atoms. The molecule has 2 aromatic carbocycles. The van der Waals surface area contributed by atoms with Gasteiger partial charge >= 0.3 is 0 Å². The highest BCUT2D eigenvalue weighted by atomic mass is 14.5. The monoisotopic (exact) mass is 322 g/mol. The van der Waals surface area contributed by atoms with Gasteiger partial charge in [0.15, 0.2) is 0 Å². The van der Waals surface area contributed by atoms with E-state index in [4.69, 9.17) is 0 Å². The predicted molar refractivity (Wildman–Crippen MR) is 106 cm³/mol. The van der Waals surface area contributed by atoms with Crippen LogP contribution in [0.1, 0.15) is 77.3 Å². The molecule has 0 radical (unpaired) electrons. The van der Waals surface area contributed by atoms with Crippen LogP contribution in [0.3, 0.4) is 0 Å². The minimum atomic E-state index is 0.0531. The quantitative estimate of drug-likeness (QED) is 0.452. The zero-order valence-electron chi connectivity index (χ0n) is 16.0. The molecule has 2 aromatic rings. The van der Waals surface area contributed by atoms with Crippen molar-refractivity contribution in [3.63, 3.8) is 0 Å². The van der Waals surface area contributed by atoms with Crippen LogP contribution >= 0.6 is 0 Å². The fourth-order valence-electron chi connectivity index (χ4n) is 4.88. The summed E-state index contributed by atoms with van der Waals surface area (Å²) in [6.07, 6.45) is 7.60. The van der Waals surface area contributed by atoms with Crippen LogP contribution in [0, 0.1) is 5.41 Å². The molecule has 0 amide bonds. The summed E-state index contributed by atoms with van der Waals surface area (Å²) in [6.45, 7) is 9.53. The van der Waals surface area contributed by atoms with Gasteiger partial charge in [0.05, 0.1) is 0 Å². The highest BCUT2D eigenvalue weighted by molar-refractivity contribution is 5.41. The Labute approximate surface area is 149 Å². The molecule has 0 heteroatoms. The number of benzene rings is 2. The third-order valence-corrected chi connectivity index (χ3v) is 5.95. The average molecular weight is 323 g/mol. The van der Waals surface area contributed by atoms with Gasteiger partial charge in [0.1, 0.15) is 0 Å². The van der Waals surface area contributed by atoms with E-state index in [1.807, 2.05) is 0 Å². The lowest BCUT2D eigenvalue weighted by Gasteiger charge is -2.51. The maximum Gasteiger partial charge on any atom is 0.0230 e. The van der Waals surface area contributed by atoms with E-state index in [1.165, 1.54) is 49.7 Å². The van der Waals surface area contributed by atoms with E-state index in [-0.39, 0.29) is 5.41 Å². The molecule has 0 fully saturated rings. The summed E-state index contributed by atoms with van der Waals surface area (Å²) < 4.78 is 0. The fourth-order valence-corrected chi connectivity index (χ4v) is 4.88. The van der Waals surface area contributed by atoms with E-state index < -0.39 is 0 Å². The first kappa shape index (κ1) is 18.8. The molecule has 0 aliphatic heterocycles. The van der Waals surface area contributed by atoms with Gasteiger partial charge in [-0.15, -0.1) is 0 Å². The van der Waals surface area contributed by atoms with Crippen molar-refractivity contribution in [2.45, 2.75) is 71.6 Å². The molecule has 0 unspecified atom stereocenters. The summed E-state index contributed by atoms with van der Waals surface area (Å²) >= 11 is 0. The van der Waals surface area contributed by atoms with Crippen LogP contribution in [0.2, 0.25) is 0 Å². The van der Waals surface area contributed by atoms with Crippen molar-refractivity contribution in [1.29, 1.82) is 0 Å². The van der Waals surface area contributed by atoms with Crippen molar-refractivity contribution in [3.8, 4) is 0 Å². The van der Waals surface area contributed by atoms with Gasteiger partial charge in [0.2, 0.25) is 0 Å². The minimum absolute atomic E-state index is 0.0531. The normalized spacial score (nSPS) is 12.3. The highest BCUT2D eigenvalue weighted by Crippen LogP contribution is 2.55. The Hall–Kier alpha value is -1.56. The maximum absolute atomic E-state index is 2.50. The molecule has 0 bridgehead atoms. The Kier molecular flexibility index (Phi) is 6.66. The molecular formula is C24H34. The van der Waals surface area contributed by atoms with Crippen LogP contribution in [0.5, 0.6) is 0 Å². The molecule has 0 spiro atoms. The van der Waals surface area contributed by atoms with Crippen LogP contribution in [-0.2, 0) is 5.41 Å². The van der Waals surface area contributed by atoms with Crippen LogP contribution < -0.4 is 0 Å². The summed E-state index contributed by atoms with van der Waals surface area (Å²) in [5.41, 5.74) is 3.30. The van der Waals surface area contributed by atoms with E-state index in [0.29, 0.717) is 5.41 Å². The molecule has 2 rings (SSSR count). The average Bonchev–Trinajstić information content (AvgIpc) is 2.63. The van der Waals surface area contributed by atoms with Crippen LogP contribution in [0.25, 0.3) is 0 Å². The summed E-state index contributed by atoms with van der Waals surface area (Å²) in [6, 6.07) is 22.4. The van der Waals surface area contributed by atoms with Gasteiger partial charge in [-0.1, -0.05) is 108 Å². The molecule has 130 valence electrons. The van der Waals surface area contributed by atoms with Gasteiger partial charge in [-0.2, -0.15) is 0 Å². The molecule has 0 aliphatic carbocycles. The Morgan fingerprint density at radius 3 is 1.21 bits per heavy atom. The number of hydrogen-bond acceptors (Lipinski definition) is 0. The molecule has 0 heterocycles.